The third kappa shape index (κ3) is 2.19. The van der Waals surface area contributed by atoms with Crippen molar-refractivity contribution in [3.8, 4) is 0 Å². The van der Waals surface area contributed by atoms with Crippen LogP contribution >= 0.6 is 0 Å². The first-order valence-electron chi connectivity index (χ1n) is 3.82. The first-order chi connectivity index (χ1) is 4.41. The molecule has 0 saturated carbocycles. The maximum Gasteiger partial charge on any atom is 0.187 e. The molecule has 0 atom stereocenters. The molecule has 0 aliphatic carbocycles. The molecule has 2 nitrogen and oxygen atoms in total. The van der Waals surface area contributed by atoms with Gasteiger partial charge in [-0.3, -0.25) is 0 Å². The fraction of sp³-hybridized carbons (Fsp3) is 1.00. The second-order valence-corrected chi connectivity index (χ2v) is 12.8. The van der Waals surface area contributed by atoms with Crippen LogP contribution in [0, 0.1) is 0 Å². The summed E-state index contributed by atoms with van der Waals surface area (Å²) in [6.07, 6.45) is 2.26. The number of rotatable bonds is 0. The highest BCUT2D eigenvalue weighted by atomic mass is 28.4. The lowest BCUT2D eigenvalue weighted by Gasteiger charge is -2.39. The van der Waals surface area contributed by atoms with E-state index in [4.69, 9.17) is 4.12 Å². The molecule has 1 heterocycles. The molecule has 0 bridgehead atoms. The Hall–Kier alpha value is 0.354. The third-order valence-electron chi connectivity index (χ3n) is 1.65. The minimum Gasteiger partial charge on any atom is -0.454 e. The van der Waals surface area contributed by atoms with Crippen LogP contribution < -0.4 is 5.32 Å². The first-order valence-corrected chi connectivity index (χ1v) is 10.1. The number of hydrogen-bond acceptors (Lipinski definition) is 2. The zero-order chi connectivity index (χ0) is 7.83. The molecule has 10 heavy (non-hydrogen) atoms. The normalized spacial score (nSPS) is 30.0. The summed E-state index contributed by atoms with van der Waals surface area (Å²) in [5.74, 6) is 0. The van der Waals surface area contributed by atoms with Crippen molar-refractivity contribution in [2.24, 2.45) is 0 Å². The van der Waals surface area contributed by atoms with Crippen LogP contribution in [-0.2, 0) is 4.12 Å². The minimum absolute atomic E-state index is 1.13. The molecule has 0 spiro atoms. The van der Waals surface area contributed by atoms with Crippen LogP contribution in [0.25, 0.3) is 0 Å². The van der Waals surface area contributed by atoms with Crippen LogP contribution in [-0.4, -0.2) is 29.0 Å². The summed E-state index contributed by atoms with van der Waals surface area (Å²) >= 11 is 0. The van der Waals surface area contributed by atoms with Crippen LogP contribution in [0.15, 0.2) is 0 Å². The molecule has 0 aromatic rings. The monoisotopic (exact) mass is 175 g/mol. The minimum atomic E-state index is -1.28. The van der Waals surface area contributed by atoms with E-state index in [9.17, 15) is 0 Å². The van der Waals surface area contributed by atoms with E-state index in [1.807, 2.05) is 0 Å². The van der Waals surface area contributed by atoms with Crippen molar-refractivity contribution in [3.63, 3.8) is 0 Å². The summed E-state index contributed by atoms with van der Waals surface area (Å²) < 4.78 is 6.08. The van der Waals surface area contributed by atoms with Gasteiger partial charge in [0.05, 0.1) is 0 Å². The predicted molar refractivity (Wildman–Crippen MR) is 48.9 cm³/mol. The van der Waals surface area contributed by atoms with Gasteiger partial charge < -0.3 is 9.43 Å². The van der Waals surface area contributed by atoms with Crippen molar-refractivity contribution in [2.45, 2.75) is 26.2 Å². The van der Waals surface area contributed by atoms with E-state index < -0.39 is 16.6 Å². The average molecular weight is 175 g/mol. The van der Waals surface area contributed by atoms with Crippen LogP contribution in [0.1, 0.15) is 0 Å². The molecule has 60 valence electrons. The lowest BCUT2D eigenvalue weighted by Crippen LogP contribution is -2.61. The van der Waals surface area contributed by atoms with Gasteiger partial charge >= 0.3 is 0 Å². The van der Waals surface area contributed by atoms with E-state index in [1.54, 1.807) is 0 Å². The second-order valence-electron chi connectivity index (χ2n) is 4.23. The van der Waals surface area contributed by atoms with Gasteiger partial charge in [0.2, 0.25) is 0 Å². The van der Waals surface area contributed by atoms with Crippen LogP contribution in [0.3, 0.4) is 0 Å². The van der Waals surface area contributed by atoms with Crippen LogP contribution in [0.2, 0.25) is 26.2 Å². The van der Waals surface area contributed by atoms with Crippen molar-refractivity contribution in [3.05, 3.63) is 0 Å². The molecule has 1 N–H and O–H groups in total. The SMILES string of the molecule is C[Si]1(C)CNC[Si](C)(C)O1. The smallest absolute Gasteiger partial charge is 0.187 e. The number of hydrogen-bond donors (Lipinski definition) is 1. The summed E-state index contributed by atoms with van der Waals surface area (Å²) in [4.78, 5) is 0. The summed E-state index contributed by atoms with van der Waals surface area (Å²) in [6, 6.07) is 0. The highest BCUT2D eigenvalue weighted by Crippen LogP contribution is 2.16. The maximum absolute atomic E-state index is 6.08. The first kappa shape index (κ1) is 8.45. The van der Waals surface area contributed by atoms with Crippen molar-refractivity contribution in [1.29, 1.82) is 0 Å². The third-order valence-corrected chi connectivity index (χ3v) is 8.28. The van der Waals surface area contributed by atoms with Crippen LogP contribution in [0.5, 0.6) is 0 Å². The molecular weight excluding hydrogens is 158 g/mol. The lowest BCUT2D eigenvalue weighted by molar-refractivity contribution is 0.499. The van der Waals surface area contributed by atoms with E-state index in [2.05, 4.69) is 31.5 Å². The molecule has 0 aromatic carbocycles. The van der Waals surface area contributed by atoms with Gasteiger partial charge in [-0.05, 0) is 26.2 Å². The molecule has 1 rings (SSSR count). The molecule has 1 saturated heterocycles. The molecular formula is C6H17NOSi2. The van der Waals surface area contributed by atoms with Gasteiger partial charge in [-0.1, -0.05) is 0 Å². The quantitative estimate of drug-likeness (QED) is 0.557. The summed E-state index contributed by atoms with van der Waals surface area (Å²) in [7, 11) is -2.55. The topological polar surface area (TPSA) is 21.3 Å². The number of nitrogens with one attached hydrogen (secondary N) is 1. The summed E-state index contributed by atoms with van der Waals surface area (Å²) in [5.41, 5.74) is 0. The van der Waals surface area contributed by atoms with Gasteiger partial charge in [-0.2, -0.15) is 0 Å². The average Bonchev–Trinajstić information content (AvgIpc) is 1.56. The molecule has 1 aliphatic heterocycles. The van der Waals surface area contributed by atoms with E-state index >= 15 is 0 Å². The zero-order valence-electron chi connectivity index (χ0n) is 7.32. The van der Waals surface area contributed by atoms with Gasteiger partial charge in [-0.25, -0.2) is 0 Å². The Kier molecular flexibility index (Phi) is 2.06. The molecule has 0 amide bonds. The maximum atomic E-state index is 6.08. The van der Waals surface area contributed by atoms with Crippen molar-refractivity contribution in [1.82, 2.24) is 5.32 Å². The van der Waals surface area contributed by atoms with Gasteiger partial charge in [0, 0.05) is 12.3 Å². The fourth-order valence-electron chi connectivity index (χ4n) is 1.48. The van der Waals surface area contributed by atoms with Crippen molar-refractivity contribution in [2.75, 3.05) is 12.3 Å². The van der Waals surface area contributed by atoms with Gasteiger partial charge in [0.25, 0.3) is 0 Å². The van der Waals surface area contributed by atoms with Crippen LogP contribution in [0.4, 0.5) is 0 Å². The highest BCUT2D eigenvalue weighted by Gasteiger charge is 2.36. The Morgan fingerprint density at radius 2 is 1.40 bits per heavy atom. The van der Waals surface area contributed by atoms with Crippen molar-refractivity contribution < 1.29 is 4.12 Å². The lowest BCUT2D eigenvalue weighted by atomic mass is 11.2. The highest BCUT2D eigenvalue weighted by molar-refractivity contribution is 6.86. The molecule has 1 fully saturated rings. The van der Waals surface area contributed by atoms with Gasteiger partial charge in [0.1, 0.15) is 0 Å². The van der Waals surface area contributed by atoms with Crippen molar-refractivity contribution >= 4 is 16.6 Å². The van der Waals surface area contributed by atoms with Gasteiger partial charge in [-0.15, -0.1) is 0 Å². The van der Waals surface area contributed by atoms with E-state index in [0.717, 1.165) is 12.3 Å². The molecule has 1 aliphatic rings. The molecule has 0 radical (unpaired) electrons. The van der Waals surface area contributed by atoms with E-state index in [-0.39, 0.29) is 0 Å². The molecule has 0 unspecified atom stereocenters. The molecule has 4 heteroatoms. The Labute approximate surface area is 65.2 Å². The largest absolute Gasteiger partial charge is 0.454 e. The summed E-state index contributed by atoms with van der Waals surface area (Å²) in [5, 5.41) is 3.46. The van der Waals surface area contributed by atoms with Gasteiger partial charge in [0.15, 0.2) is 16.6 Å². The van der Waals surface area contributed by atoms with E-state index in [0.29, 0.717) is 0 Å². The Balaban J connectivity index is 2.56. The second kappa shape index (κ2) is 2.44. The molecule has 0 aromatic heterocycles. The zero-order valence-corrected chi connectivity index (χ0v) is 9.32. The summed E-state index contributed by atoms with van der Waals surface area (Å²) in [6.45, 7) is 9.14. The van der Waals surface area contributed by atoms with E-state index in [1.165, 1.54) is 0 Å². The Morgan fingerprint density at radius 1 is 1.00 bits per heavy atom. The fourth-order valence-corrected chi connectivity index (χ4v) is 9.75. The Morgan fingerprint density at radius 3 is 1.60 bits per heavy atom. The standard InChI is InChI=1S/C6H17NOSi2/c1-9(2)5-7-6-10(3,4)8-9/h7H,5-6H2,1-4H3. The predicted octanol–water partition coefficient (Wildman–Crippen LogP) is 1.09. The Bertz CT molecular complexity index is 122.